The number of carbonyl (C=O) groups is 2. The summed E-state index contributed by atoms with van der Waals surface area (Å²) >= 11 is 0. The van der Waals surface area contributed by atoms with Gasteiger partial charge in [0.15, 0.2) is 6.54 Å². The Hall–Kier alpha value is -3.00. The molecule has 6 nitrogen and oxygen atoms in total. The number of hydrogen-bond acceptors (Lipinski definition) is 3. The fraction of sp³-hybridized carbons (Fsp3) is 0.222. The lowest BCUT2D eigenvalue weighted by Gasteiger charge is -2.17. The Balaban J connectivity index is 2.11. The number of halogens is 2. The van der Waals surface area contributed by atoms with Crippen LogP contribution in [0.25, 0.3) is 0 Å². The van der Waals surface area contributed by atoms with Gasteiger partial charge in [-0.25, -0.2) is 0 Å². The van der Waals surface area contributed by atoms with Crippen LogP contribution in [-0.4, -0.2) is 25.0 Å². The van der Waals surface area contributed by atoms with E-state index < -0.39 is 6.61 Å². The summed E-state index contributed by atoms with van der Waals surface area (Å²) in [5.41, 5.74) is 6.30. The number of alkyl halides is 2. The monoisotopic (exact) mass is 364 g/mol. The predicted molar refractivity (Wildman–Crippen MR) is 90.1 cm³/mol. The molecule has 2 amide bonds. The molecule has 0 saturated heterocycles. The molecule has 0 radical (unpaired) electrons. The Morgan fingerprint density at radius 3 is 2.19 bits per heavy atom. The van der Waals surface area contributed by atoms with E-state index in [2.05, 4.69) is 15.6 Å². The third-order valence-electron chi connectivity index (χ3n) is 3.54. The summed E-state index contributed by atoms with van der Waals surface area (Å²) in [6, 6.07) is 15.5. The molecular weight excluding hydrogens is 344 g/mol. The molecule has 4 N–H and O–H groups in total. The maximum Gasteiger partial charge on any atom is 0.387 e. The van der Waals surface area contributed by atoms with Crippen molar-refractivity contribution < 1.29 is 28.4 Å². The van der Waals surface area contributed by atoms with Gasteiger partial charge in [0.2, 0.25) is 5.91 Å². The molecule has 2 rings (SSSR count). The number of quaternary nitrogens is 1. The van der Waals surface area contributed by atoms with Crippen LogP contribution in [0, 0.1) is 0 Å². The summed E-state index contributed by atoms with van der Waals surface area (Å²) in [5, 5.41) is 1.79. The van der Waals surface area contributed by atoms with Crippen molar-refractivity contribution in [3.05, 3.63) is 65.7 Å². The molecule has 0 unspecified atom stereocenters. The molecule has 0 heterocycles. The van der Waals surface area contributed by atoms with Crippen LogP contribution in [0.3, 0.4) is 0 Å². The number of carbonyl (C=O) groups excluding carboxylic acids is 2. The number of hydrazine groups is 1. The van der Waals surface area contributed by atoms with Crippen LogP contribution in [0.15, 0.2) is 54.6 Å². The maximum atomic E-state index is 12.3. The molecule has 2 aromatic rings. The van der Waals surface area contributed by atoms with E-state index in [4.69, 9.17) is 0 Å². The second-order valence-corrected chi connectivity index (χ2v) is 5.51. The number of amides is 2. The van der Waals surface area contributed by atoms with Crippen LogP contribution in [-0.2, 0) is 9.59 Å². The van der Waals surface area contributed by atoms with Crippen LogP contribution in [0.2, 0.25) is 0 Å². The van der Waals surface area contributed by atoms with Gasteiger partial charge in [-0.2, -0.15) is 8.78 Å². The Bertz CT molecular complexity index is 724. The first kappa shape index (κ1) is 19.3. The van der Waals surface area contributed by atoms with E-state index in [1.54, 1.807) is 17.4 Å². The molecule has 0 aliphatic heterocycles. The molecule has 0 bridgehead atoms. The van der Waals surface area contributed by atoms with E-state index >= 15 is 0 Å². The lowest BCUT2D eigenvalue weighted by atomic mass is 9.98. The maximum absolute atomic E-state index is 12.3. The van der Waals surface area contributed by atoms with E-state index in [1.165, 1.54) is 19.1 Å². The second kappa shape index (κ2) is 9.47. The molecule has 26 heavy (non-hydrogen) atoms. The van der Waals surface area contributed by atoms with Gasteiger partial charge in [0.05, 0.1) is 0 Å². The van der Waals surface area contributed by atoms with Gasteiger partial charge in [0, 0.05) is 18.1 Å². The third kappa shape index (κ3) is 6.14. The molecule has 1 atom stereocenters. The van der Waals surface area contributed by atoms with E-state index in [0.717, 1.165) is 11.1 Å². The van der Waals surface area contributed by atoms with Gasteiger partial charge in [-0.15, -0.1) is 0 Å². The molecule has 138 valence electrons. The Morgan fingerprint density at radius 2 is 1.62 bits per heavy atom. The SMILES string of the molecule is CC(=O)NNC(=O)C[NH2+][C@@H](c1ccccc1)c1ccc(OC(F)F)cc1. The van der Waals surface area contributed by atoms with Crippen molar-refractivity contribution in [2.24, 2.45) is 0 Å². The standard InChI is InChI=1S/C18H19F2N3O3/c1-12(24)22-23-16(25)11-21-17(13-5-3-2-4-6-13)14-7-9-15(10-8-14)26-18(19)20/h2-10,17-18,21H,11H2,1H3,(H,22,24)(H,23,25)/p+1/t17-/m0/s1. The summed E-state index contributed by atoms with van der Waals surface area (Å²) in [6.45, 7) is -1.52. The lowest BCUT2D eigenvalue weighted by molar-refractivity contribution is -0.676. The van der Waals surface area contributed by atoms with Crippen molar-refractivity contribution in [1.82, 2.24) is 10.9 Å². The normalized spacial score (nSPS) is 11.7. The van der Waals surface area contributed by atoms with Gasteiger partial charge in [-0.05, 0) is 24.3 Å². The highest BCUT2D eigenvalue weighted by molar-refractivity contribution is 5.81. The molecule has 2 aromatic carbocycles. The number of nitrogens with one attached hydrogen (secondary N) is 2. The summed E-state index contributed by atoms with van der Waals surface area (Å²) in [4.78, 5) is 22.7. The fourth-order valence-electron chi connectivity index (χ4n) is 2.42. The minimum absolute atomic E-state index is 0.0646. The van der Waals surface area contributed by atoms with Crippen LogP contribution in [0.5, 0.6) is 5.75 Å². The molecule has 0 aliphatic rings. The minimum Gasteiger partial charge on any atom is -0.435 e. The molecule has 0 aliphatic carbocycles. The smallest absolute Gasteiger partial charge is 0.387 e. The molecule has 0 spiro atoms. The second-order valence-electron chi connectivity index (χ2n) is 5.51. The van der Waals surface area contributed by atoms with Crippen LogP contribution < -0.4 is 20.9 Å². The van der Waals surface area contributed by atoms with Gasteiger partial charge in [0.25, 0.3) is 5.91 Å². The highest BCUT2D eigenvalue weighted by Gasteiger charge is 2.19. The largest absolute Gasteiger partial charge is 0.435 e. The van der Waals surface area contributed by atoms with E-state index in [1.807, 2.05) is 30.3 Å². The zero-order valence-corrected chi connectivity index (χ0v) is 14.1. The van der Waals surface area contributed by atoms with Crippen molar-refractivity contribution in [3.63, 3.8) is 0 Å². The van der Waals surface area contributed by atoms with Gasteiger partial charge in [-0.3, -0.25) is 20.4 Å². The quantitative estimate of drug-likeness (QED) is 0.644. The summed E-state index contributed by atoms with van der Waals surface area (Å²) < 4.78 is 28.9. The Morgan fingerprint density at radius 1 is 1.00 bits per heavy atom. The molecule has 0 saturated carbocycles. The average molecular weight is 364 g/mol. The van der Waals surface area contributed by atoms with E-state index in [0.29, 0.717) is 0 Å². The number of benzene rings is 2. The highest BCUT2D eigenvalue weighted by Crippen LogP contribution is 2.22. The first-order chi connectivity index (χ1) is 12.5. The van der Waals surface area contributed by atoms with E-state index in [9.17, 15) is 18.4 Å². The zero-order valence-electron chi connectivity index (χ0n) is 14.1. The van der Waals surface area contributed by atoms with Crippen molar-refractivity contribution in [1.29, 1.82) is 0 Å². The van der Waals surface area contributed by atoms with Gasteiger partial charge in [-0.1, -0.05) is 30.3 Å². The lowest BCUT2D eigenvalue weighted by Crippen LogP contribution is -2.88. The minimum atomic E-state index is -2.88. The van der Waals surface area contributed by atoms with Gasteiger partial charge in [0.1, 0.15) is 11.8 Å². The van der Waals surface area contributed by atoms with Crippen LogP contribution >= 0.6 is 0 Å². The highest BCUT2D eigenvalue weighted by atomic mass is 19.3. The van der Waals surface area contributed by atoms with E-state index in [-0.39, 0.29) is 30.2 Å². The first-order valence-corrected chi connectivity index (χ1v) is 7.94. The van der Waals surface area contributed by atoms with Crippen molar-refractivity contribution in [2.75, 3.05) is 6.54 Å². The number of rotatable bonds is 7. The van der Waals surface area contributed by atoms with Gasteiger partial charge >= 0.3 is 6.61 Å². The third-order valence-corrected chi connectivity index (χ3v) is 3.54. The zero-order chi connectivity index (χ0) is 18.9. The fourth-order valence-corrected chi connectivity index (χ4v) is 2.42. The topological polar surface area (TPSA) is 84.0 Å². The van der Waals surface area contributed by atoms with Crippen LogP contribution in [0.4, 0.5) is 8.78 Å². The molecule has 0 aromatic heterocycles. The predicted octanol–water partition coefficient (Wildman–Crippen LogP) is 1.11. The number of hydrogen-bond donors (Lipinski definition) is 3. The molecule has 8 heteroatoms. The van der Waals surface area contributed by atoms with Crippen molar-refractivity contribution >= 4 is 11.8 Å². The summed E-state index contributed by atoms with van der Waals surface area (Å²) in [6.07, 6.45) is 0. The van der Waals surface area contributed by atoms with Crippen LogP contribution in [0.1, 0.15) is 24.1 Å². The average Bonchev–Trinajstić information content (AvgIpc) is 2.62. The number of ether oxygens (including phenoxy) is 1. The molecular formula is C18H20F2N3O3+. The van der Waals surface area contributed by atoms with Crippen molar-refractivity contribution in [3.8, 4) is 5.75 Å². The molecule has 0 fully saturated rings. The summed E-state index contributed by atoms with van der Waals surface area (Å²) in [7, 11) is 0. The Kier molecular flexibility index (Phi) is 7.04. The number of nitrogens with two attached hydrogens (primary N) is 1. The summed E-state index contributed by atoms with van der Waals surface area (Å²) in [5.74, 6) is -0.662. The van der Waals surface area contributed by atoms with Gasteiger partial charge < -0.3 is 10.1 Å². The van der Waals surface area contributed by atoms with Crippen molar-refractivity contribution in [2.45, 2.75) is 19.6 Å². The Labute approximate surface area is 149 Å². The first-order valence-electron chi connectivity index (χ1n) is 7.94.